The molecule has 0 aromatic carbocycles. The molecule has 1 N–H and O–H groups in total. The van der Waals surface area contributed by atoms with E-state index in [1.54, 1.807) is 6.07 Å². The van der Waals surface area contributed by atoms with Crippen LogP contribution in [0.4, 0.5) is 0 Å². The molecule has 0 unspecified atom stereocenters. The summed E-state index contributed by atoms with van der Waals surface area (Å²) in [6, 6.07) is 1.67. The molecule has 1 heterocycles. The van der Waals surface area contributed by atoms with E-state index in [0.717, 1.165) is 6.61 Å². The molecule has 0 atom stereocenters. The van der Waals surface area contributed by atoms with E-state index in [4.69, 9.17) is 5.11 Å². The third-order valence-electron chi connectivity index (χ3n) is 0.692. The lowest BCUT2D eigenvalue weighted by Crippen LogP contribution is -1.67. The number of aliphatic hydroxyl groups excluding tert-OH is 1. The smallest absolute Gasteiger partial charge is 0.112 e. The highest BCUT2D eigenvalue weighted by atomic mass is 16.3. The minimum atomic E-state index is 0.694. The number of aliphatic hydroxyl groups is 1. The Kier molecular flexibility index (Phi) is 1.13. The Morgan fingerprint density at radius 2 is 2.57 bits per heavy atom. The van der Waals surface area contributed by atoms with Gasteiger partial charge in [0.25, 0.3) is 0 Å². The molecule has 2 nitrogen and oxygen atoms in total. The Hall–Kier alpha value is -0.760. The van der Waals surface area contributed by atoms with Crippen LogP contribution in [0.5, 0.6) is 0 Å². The average Bonchev–Trinajstić information content (AvgIpc) is 2.14. The summed E-state index contributed by atoms with van der Waals surface area (Å²) in [7, 11) is 0. The van der Waals surface area contributed by atoms with Crippen LogP contribution < -0.4 is 0 Å². The second kappa shape index (κ2) is 1.80. The number of hydrogen-bond donors (Lipinski definition) is 1. The van der Waals surface area contributed by atoms with Crippen LogP contribution in [0.15, 0.2) is 23.0 Å². The molecule has 1 radical (unpaired) electrons. The van der Waals surface area contributed by atoms with E-state index >= 15 is 0 Å². The lowest BCUT2D eigenvalue weighted by molar-refractivity contribution is 0.413. The number of hydrogen-bond acceptors (Lipinski definition) is 2. The summed E-state index contributed by atoms with van der Waals surface area (Å²) in [6.07, 6.45) is 2.96. The zero-order chi connectivity index (χ0) is 5.11. The van der Waals surface area contributed by atoms with E-state index in [-0.39, 0.29) is 0 Å². The maximum absolute atomic E-state index is 8.24. The lowest BCUT2D eigenvalue weighted by atomic mass is 10.4. The van der Waals surface area contributed by atoms with Crippen molar-refractivity contribution in [1.82, 2.24) is 0 Å². The van der Waals surface area contributed by atoms with Crippen molar-refractivity contribution >= 4 is 0 Å². The first-order valence-corrected chi connectivity index (χ1v) is 1.93. The molecule has 0 aliphatic rings. The normalized spacial score (nSPS) is 9.29. The summed E-state index contributed by atoms with van der Waals surface area (Å²) < 4.78 is 4.61. The lowest BCUT2D eigenvalue weighted by Gasteiger charge is -1.75. The predicted octanol–water partition coefficient (Wildman–Crippen LogP) is 1.16. The topological polar surface area (TPSA) is 33.4 Å². The highest BCUT2D eigenvalue weighted by molar-refractivity contribution is 5.11. The third kappa shape index (κ3) is 0.810. The number of furan rings is 1. The third-order valence-corrected chi connectivity index (χ3v) is 0.692. The van der Waals surface area contributed by atoms with Crippen LogP contribution >= 0.6 is 0 Å². The zero-order valence-electron chi connectivity index (χ0n) is 3.66. The molecule has 0 aliphatic heterocycles. The Morgan fingerprint density at radius 3 is 2.86 bits per heavy atom. The van der Waals surface area contributed by atoms with Crippen LogP contribution in [0.25, 0.3) is 0 Å². The number of rotatable bonds is 1. The van der Waals surface area contributed by atoms with Crippen molar-refractivity contribution in [2.75, 3.05) is 0 Å². The van der Waals surface area contributed by atoms with Crippen LogP contribution in [0, 0.1) is 6.61 Å². The molecule has 0 saturated heterocycles. The average molecular weight is 97.1 g/mol. The first kappa shape index (κ1) is 4.40. The summed E-state index contributed by atoms with van der Waals surface area (Å²) >= 11 is 0. The van der Waals surface area contributed by atoms with E-state index in [1.807, 2.05) is 0 Å². The second-order valence-electron chi connectivity index (χ2n) is 1.19. The molecule has 7 heavy (non-hydrogen) atoms. The van der Waals surface area contributed by atoms with E-state index in [0.29, 0.717) is 5.56 Å². The maximum Gasteiger partial charge on any atom is 0.112 e. The van der Waals surface area contributed by atoms with Crippen LogP contribution in [0.2, 0.25) is 0 Å². The molecule has 37 valence electrons. The van der Waals surface area contributed by atoms with Crippen molar-refractivity contribution in [3.05, 3.63) is 30.8 Å². The summed E-state index contributed by atoms with van der Waals surface area (Å²) in [5.41, 5.74) is 0.694. The van der Waals surface area contributed by atoms with Gasteiger partial charge in [0.1, 0.15) is 6.61 Å². The first-order valence-electron chi connectivity index (χ1n) is 1.93. The van der Waals surface area contributed by atoms with Gasteiger partial charge < -0.3 is 9.52 Å². The highest BCUT2D eigenvalue weighted by Crippen LogP contribution is 1.98. The molecule has 0 bridgehead atoms. The summed E-state index contributed by atoms with van der Waals surface area (Å²) in [6.45, 7) is 0.990. The monoisotopic (exact) mass is 97.0 g/mol. The fraction of sp³-hybridized carbons (Fsp3) is 0. The van der Waals surface area contributed by atoms with Gasteiger partial charge in [-0.2, -0.15) is 0 Å². The second-order valence-corrected chi connectivity index (χ2v) is 1.19. The van der Waals surface area contributed by atoms with Gasteiger partial charge in [0.05, 0.1) is 12.5 Å². The predicted molar refractivity (Wildman–Crippen MR) is 24.0 cm³/mol. The maximum atomic E-state index is 8.24. The highest BCUT2D eigenvalue weighted by Gasteiger charge is 1.86. The van der Waals surface area contributed by atoms with E-state index in [1.165, 1.54) is 12.5 Å². The Morgan fingerprint density at radius 1 is 1.71 bits per heavy atom. The van der Waals surface area contributed by atoms with Gasteiger partial charge in [-0.05, 0) is 6.07 Å². The van der Waals surface area contributed by atoms with E-state index < -0.39 is 0 Å². The molecule has 1 aromatic heterocycles. The zero-order valence-corrected chi connectivity index (χ0v) is 3.66. The standard InChI is InChI=1S/C5H5O2/c6-3-5-1-2-7-4-5/h1-4,6H. The Balaban J connectivity index is 2.76. The van der Waals surface area contributed by atoms with Gasteiger partial charge in [0.2, 0.25) is 0 Å². The van der Waals surface area contributed by atoms with Gasteiger partial charge in [0, 0.05) is 5.56 Å². The fourth-order valence-corrected chi connectivity index (χ4v) is 0.348. The molecule has 2 heteroatoms. The van der Waals surface area contributed by atoms with E-state index in [2.05, 4.69) is 4.42 Å². The van der Waals surface area contributed by atoms with Gasteiger partial charge in [-0.25, -0.2) is 0 Å². The molecule has 1 aromatic rings. The summed E-state index contributed by atoms with van der Waals surface area (Å²) in [5.74, 6) is 0. The fourth-order valence-electron chi connectivity index (χ4n) is 0.348. The SMILES string of the molecule is O[CH]c1ccoc1. The Labute approximate surface area is 41.4 Å². The molecule has 0 amide bonds. The Bertz CT molecular complexity index is 121. The van der Waals surface area contributed by atoms with Crippen molar-refractivity contribution in [3.8, 4) is 0 Å². The molecule has 0 aliphatic carbocycles. The van der Waals surface area contributed by atoms with Crippen molar-refractivity contribution in [2.45, 2.75) is 0 Å². The molecular formula is C5H5O2. The minimum Gasteiger partial charge on any atom is -0.472 e. The summed E-state index contributed by atoms with van der Waals surface area (Å²) in [4.78, 5) is 0. The minimum absolute atomic E-state index is 0.694. The summed E-state index contributed by atoms with van der Waals surface area (Å²) in [5, 5.41) is 8.24. The van der Waals surface area contributed by atoms with Gasteiger partial charge in [0.15, 0.2) is 0 Å². The molecule has 1 rings (SSSR count). The van der Waals surface area contributed by atoms with E-state index in [9.17, 15) is 0 Å². The molecular weight excluding hydrogens is 92.1 g/mol. The molecule has 0 fully saturated rings. The first-order chi connectivity index (χ1) is 3.43. The van der Waals surface area contributed by atoms with Crippen LogP contribution in [-0.2, 0) is 0 Å². The van der Waals surface area contributed by atoms with Gasteiger partial charge in [-0.15, -0.1) is 0 Å². The largest absolute Gasteiger partial charge is 0.472 e. The van der Waals surface area contributed by atoms with Gasteiger partial charge in [-0.1, -0.05) is 0 Å². The quantitative estimate of drug-likeness (QED) is 0.570. The van der Waals surface area contributed by atoms with Gasteiger partial charge >= 0.3 is 0 Å². The van der Waals surface area contributed by atoms with Crippen molar-refractivity contribution in [3.63, 3.8) is 0 Å². The van der Waals surface area contributed by atoms with Crippen LogP contribution in [0.1, 0.15) is 5.56 Å². The van der Waals surface area contributed by atoms with Crippen LogP contribution in [0.3, 0.4) is 0 Å². The van der Waals surface area contributed by atoms with Crippen molar-refractivity contribution in [2.24, 2.45) is 0 Å². The van der Waals surface area contributed by atoms with Crippen molar-refractivity contribution < 1.29 is 9.52 Å². The van der Waals surface area contributed by atoms with Gasteiger partial charge in [-0.3, -0.25) is 0 Å². The molecule has 0 spiro atoms. The molecule has 0 saturated carbocycles. The van der Waals surface area contributed by atoms with Crippen molar-refractivity contribution in [1.29, 1.82) is 0 Å². The van der Waals surface area contributed by atoms with Crippen LogP contribution in [-0.4, -0.2) is 5.11 Å².